The van der Waals surface area contributed by atoms with Crippen molar-refractivity contribution in [3.8, 4) is 11.8 Å². The van der Waals surface area contributed by atoms with Crippen molar-refractivity contribution in [1.82, 2.24) is 29.4 Å². The molecule has 1 saturated heterocycles. The summed E-state index contributed by atoms with van der Waals surface area (Å²) >= 11 is 0. The fraction of sp³-hybridized carbons (Fsp3) is 0.321. The first-order valence-electron chi connectivity index (χ1n) is 12.6. The number of nitrogen functional groups attached to an aromatic ring is 1. The largest absolute Gasteiger partial charge is 0.383 e. The van der Waals surface area contributed by atoms with Crippen LogP contribution in [0.2, 0.25) is 0 Å². The van der Waals surface area contributed by atoms with Gasteiger partial charge in [0, 0.05) is 48.9 Å². The lowest BCUT2D eigenvalue weighted by molar-refractivity contribution is -0.125. The third kappa shape index (κ3) is 4.04. The zero-order valence-electron chi connectivity index (χ0n) is 20.6. The maximum Gasteiger partial charge on any atom is 0.246 e. The van der Waals surface area contributed by atoms with Crippen molar-refractivity contribution in [2.24, 2.45) is 5.92 Å². The van der Waals surface area contributed by atoms with Gasteiger partial charge >= 0.3 is 0 Å². The molecule has 1 amide bonds. The molecule has 9 heteroatoms. The second-order valence-electron chi connectivity index (χ2n) is 9.65. The van der Waals surface area contributed by atoms with Crippen molar-refractivity contribution < 1.29 is 9.59 Å². The summed E-state index contributed by atoms with van der Waals surface area (Å²) in [6.07, 6.45) is 7.37. The molecule has 1 aromatic carbocycles. The van der Waals surface area contributed by atoms with E-state index in [9.17, 15) is 9.59 Å². The lowest BCUT2D eigenvalue weighted by Crippen LogP contribution is -2.27. The zero-order valence-corrected chi connectivity index (χ0v) is 20.6. The predicted octanol–water partition coefficient (Wildman–Crippen LogP) is 3.34. The molecule has 1 aliphatic carbocycles. The van der Waals surface area contributed by atoms with E-state index < -0.39 is 0 Å². The third-order valence-electron chi connectivity index (χ3n) is 7.17. The number of carbonyl (C=O) groups is 2. The number of anilines is 1. The Morgan fingerprint density at radius 1 is 1.22 bits per heavy atom. The number of hydrogen-bond acceptors (Lipinski definition) is 6. The zero-order chi connectivity index (χ0) is 25.7. The van der Waals surface area contributed by atoms with Crippen LogP contribution in [0.25, 0.3) is 21.8 Å². The molecule has 4 aromatic rings. The number of likely N-dealkylation sites (tertiary alicyclic amines) is 1. The van der Waals surface area contributed by atoms with E-state index in [-0.39, 0.29) is 29.5 Å². The fourth-order valence-corrected chi connectivity index (χ4v) is 5.00. The van der Waals surface area contributed by atoms with Gasteiger partial charge in [0.15, 0.2) is 5.78 Å². The number of hydrogen-bond donors (Lipinski definition) is 1. The molecule has 0 bridgehead atoms. The molecule has 0 spiro atoms. The number of aryl methyl sites for hydroxylation is 1. The van der Waals surface area contributed by atoms with Gasteiger partial charge in [0.05, 0.1) is 28.0 Å². The van der Waals surface area contributed by atoms with Crippen LogP contribution in [0.1, 0.15) is 53.8 Å². The molecule has 0 radical (unpaired) electrons. The quantitative estimate of drug-likeness (QED) is 0.259. The van der Waals surface area contributed by atoms with Crippen LogP contribution in [0.15, 0.2) is 43.2 Å². The average Bonchev–Trinajstić information content (AvgIpc) is 3.32. The number of ketones is 1. The standard InChI is InChI=1S/C28H27N7O2/c1-3-24(36)33-12-11-20(16-33)35-26-21(27(37)18-8-9-18)14-30-28(29)25(26)22(32-35)10-6-17-5-7-19-15-34(4-2)31-23(19)13-17/h3,5,7,13-15,18,20H,1,4,8-9,11-12,16H2,2H3,(H2,29,30)/t20-/m0/s1. The van der Waals surface area contributed by atoms with Gasteiger partial charge in [-0.25, -0.2) is 4.98 Å². The monoisotopic (exact) mass is 493 g/mol. The van der Waals surface area contributed by atoms with E-state index in [0.29, 0.717) is 41.7 Å². The number of Topliss-reactive ketones (excluding diaryl/α,β-unsaturated/α-hetero) is 1. The molecule has 3 aromatic heterocycles. The SMILES string of the molecule is C=CC(=O)N1CC[C@H](n2nc(C#Cc3ccc4cn(CC)nc4c3)c3c(N)ncc(C(=O)C4CC4)c32)C1. The van der Waals surface area contributed by atoms with Gasteiger partial charge < -0.3 is 10.6 Å². The van der Waals surface area contributed by atoms with Gasteiger partial charge in [0.25, 0.3) is 0 Å². The van der Waals surface area contributed by atoms with Gasteiger partial charge in [-0.05, 0) is 56.4 Å². The number of nitrogens with two attached hydrogens (primary N) is 1. The van der Waals surface area contributed by atoms with Crippen LogP contribution in [0.3, 0.4) is 0 Å². The summed E-state index contributed by atoms with van der Waals surface area (Å²) in [5, 5.41) is 11.1. The molecule has 9 nitrogen and oxygen atoms in total. The molecule has 0 unspecified atom stereocenters. The van der Waals surface area contributed by atoms with E-state index >= 15 is 0 Å². The summed E-state index contributed by atoms with van der Waals surface area (Å²) < 4.78 is 3.74. The van der Waals surface area contributed by atoms with Crippen molar-refractivity contribution in [3.05, 3.63) is 60.1 Å². The number of pyridine rings is 1. The Labute approximate surface area is 213 Å². The molecule has 4 heterocycles. The van der Waals surface area contributed by atoms with Crippen LogP contribution in [0.4, 0.5) is 5.82 Å². The highest BCUT2D eigenvalue weighted by atomic mass is 16.2. The second kappa shape index (κ2) is 8.89. The van der Waals surface area contributed by atoms with Gasteiger partial charge in [0.1, 0.15) is 11.5 Å². The number of nitrogens with zero attached hydrogens (tertiary/aromatic N) is 6. The summed E-state index contributed by atoms with van der Waals surface area (Å²) in [6.45, 7) is 7.52. The molecular weight excluding hydrogens is 466 g/mol. The number of benzene rings is 1. The van der Waals surface area contributed by atoms with Crippen molar-refractivity contribution in [2.75, 3.05) is 18.8 Å². The number of carbonyl (C=O) groups excluding carboxylic acids is 2. The highest BCUT2D eigenvalue weighted by Gasteiger charge is 2.35. The van der Waals surface area contributed by atoms with Crippen LogP contribution in [0, 0.1) is 17.8 Å². The molecular formula is C28H27N7O2. The van der Waals surface area contributed by atoms with E-state index in [1.165, 1.54) is 6.08 Å². The Bertz CT molecular complexity index is 1650. The molecule has 2 fully saturated rings. The van der Waals surface area contributed by atoms with Crippen LogP contribution in [0.5, 0.6) is 0 Å². The van der Waals surface area contributed by atoms with E-state index in [1.807, 2.05) is 40.7 Å². The molecule has 186 valence electrons. The van der Waals surface area contributed by atoms with Crippen molar-refractivity contribution >= 4 is 39.3 Å². The number of rotatable bonds is 5. The Balaban J connectivity index is 1.47. The van der Waals surface area contributed by atoms with Gasteiger partial charge in [-0.3, -0.25) is 19.0 Å². The number of aromatic nitrogens is 5. The van der Waals surface area contributed by atoms with Crippen LogP contribution in [-0.4, -0.2) is 54.2 Å². The highest BCUT2D eigenvalue weighted by Crippen LogP contribution is 2.37. The van der Waals surface area contributed by atoms with Crippen molar-refractivity contribution in [2.45, 2.75) is 38.8 Å². The smallest absolute Gasteiger partial charge is 0.246 e. The summed E-state index contributed by atoms with van der Waals surface area (Å²) in [5.41, 5.74) is 9.68. The minimum Gasteiger partial charge on any atom is -0.383 e. The Hall–Kier alpha value is -4.45. The van der Waals surface area contributed by atoms with Crippen LogP contribution < -0.4 is 5.73 Å². The number of fused-ring (bicyclic) bond motifs is 2. The van der Waals surface area contributed by atoms with E-state index in [1.54, 1.807) is 11.1 Å². The summed E-state index contributed by atoms with van der Waals surface area (Å²) in [4.78, 5) is 31.5. The molecule has 2 aliphatic rings. The highest BCUT2D eigenvalue weighted by molar-refractivity contribution is 6.11. The maximum absolute atomic E-state index is 13.2. The third-order valence-corrected chi connectivity index (χ3v) is 7.17. The van der Waals surface area contributed by atoms with Gasteiger partial charge in [-0.15, -0.1) is 0 Å². The lowest BCUT2D eigenvalue weighted by atomic mass is 10.0. The normalized spacial score (nSPS) is 17.2. The summed E-state index contributed by atoms with van der Waals surface area (Å²) in [5.74, 6) is 6.64. The van der Waals surface area contributed by atoms with Crippen molar-refractivity contribution in [3.63, 3.8) is 0 Å². The Morgan fingerprint density at radius 3 is 2.81 bits per heavy atom. The second-order valence-corrected chi connectivity index (χ2v) is 9.65. The average molecular weight is 494 g/mol. The molecule has 1 aliphatic heterocycles. The summed E-state index contributed by atoms with van der Waals surface area (Å²) in [6, 6.07) is 5.80. The molecule has 1 saturated carbocycles. The summed E-state index contributed by atoms with van der Waals surface area (Å²) in [7, 11) is 0. The van der Waals surface area contributed by atoms with E-state index in [2.05, 4.69) is 28.5 Å². The minimum atomic E-state index is -0.115. The van der Waals surface area contributed by atoms with Gasteiger partial charge in [-0.1, -0.05) is 12.5 Å². The molecule has 37 heavy (non-hydrogen) atoms. The van der Waals surface area contributed by atoms with E-state index in [4.69, 9.17) is 10.8 Å². The molecule has 2 N–H and O–H groups in total. The Morgan fingerprint density at radius 2 is 2.05 bits per heavy atom. The van der Waals surface area contributed by atoms with E-state index in [0.717, 1.165) is 35.9 Å². The molecule has 1 atom stereocenters. The first-order valence-corrected chi connectivity index (χ1v) is 12.6. The lowest BCUT2D eigenvalue weighted by Gasteiger charge is -2.16. The minimum absolute atomic E-state index is 0.0172. The predicted molar refractivity (Wildman–Crippen MR) is 141 cm³/mol. The first-order chi connectivity index (χ1) is 18.0. The fourth-order valence-electron chi connectivity index (χ4n) is 5.00. The maximum atomic E-state index is 13.2. The Kier molecular flexibility index (Phi) is 5.52. The topological polar surface area (TPSA) is 112 Å². The van der Waals surface area contributed by atoms with Crippen LogP contribution in [-0.2, 0) is 11.3 Å². The first kappa shape index (κ1) is 23.0. The van der Waals surface area contributed by atoms with Crippen LogP contribution >= 0.6 is 0 Å². The number of amides is 1. The van der Waals surface area contributed by atoms with Gasteiger partial charge in [-0.2, -0.15) is 10.2 Å². The van der Waals surface area contributed by atoms with Gasteiger partial charge in [0.2, 0.25) is 5.91 Å². The molecule has 6 rings (SSSR count). The van der Waals surface area contributed by atoms with Crippen molar-refractivity contribution in [1.29, 1.82) is 0 Å².